The van der Waals surface area contributed by atoms with E-state index in [1.807, 2.05) is 6.92 Å². The lowest BCUT2D eigenvalue weighted by atomic mass is 9.87. The van der Waals surface area contributed by atoms with Crippen LogP contribution in [0.5, 0.6) is 0 Å². The van der Waals surface area contributed by atoms with Crippen LogP contribution in [0.2, 0.25) is 0 Å². The van der Waals surface area contributed by atoms with Gasteiger partial charge in [-0.1, -0.05) is 0 Å². The highest BCUT2D eigenvalue weighted by molar-refractivity contribution is 5.78. The first kappa shape index (κ1) is 10.5. The highest BCUT2D eigenvalue weighted by atomic mass is 16.6. The summed E-state index contributed by atoms with van der Waals surface area (Å²) in [6, 6.07) is 0. The summed E-state index contributed by atoms with van der Waals surface area (Å²) in [7, 11) is 0. The van der Waals surface area contributed by atoms with E-state index in [9.17, 15) is 4.79 Å². The lowest BCUT2D eigenvalue weighted by molar-refractivity contribution is -0.126. The molecule has 0 aromatic heterocycles. The van der Waals surface area contributed by atoms with E-state index in [0.29, 0.717) is 6.54 Å². The molecule has 1 amide bonds. The molecule has 0 spiro atoms. The van der Waals surface area contributed by atoms with E-state index in [2.05, 4.69) is 5.32 Å². The molecule has 1 rings (SSSR count). The van der Waals surface area contributed by atoms with E-state index < -0.39 is 0 Å². The Balaban J connectivity index is 2.28. The van der Waals surface area contributed by atoms with Gasteiger partial charge in [-0.25, -0.2) is 5.90 Å². The van der Waals surface area contributed by atoms with Gasteiger partial charge in [0.05, 0.1) is 6.10 Å². The van der Waals surface area contributed by atoms with Crippen molar-refractivity contribution in [1.82, 2.24) is 5.32 Å². The zero-order valence-electron chi connectivity index (χ0n) is 8.08. The minimum Gasteiger partial charge on any atom is -0.356 e. The molecule has 0 heterocycles. The van der Waals surface area contributed by atoms with Gasteiger partial charge in [0.25, 0.3) is 0 Å². The molecule has 4 heteroatoms. The summed E-state index contributed by atoms with van der Waals surface area (Å²) in [4.78, 5) is 16.2. The van der Waals surface area contributed by atoms with E-state index in [1.165, 1.54) is 0 Å². The molecule has 0 saturated heterocycles. The Bertz CT molecular complexity index is 165. The highest BCUT2D eigenvalue weighted by Crippen LogP contribution is 2.25. The van der Waals surface area contributed by atoms with E-state index in [1.54, 1.807) is 0 Å². The largest absolute Gasteiger partial charge is 0.356 e. The highest BCUT2D eigenvalue weighted by Gasteiger charge is 2.25. The SMILES string of the molecule is CCNC(=O)C1CCC(ON)CC1. The lowest BCUT2D eigenvalue weighted by Crippen LogP contribution is -2.35. The van der Waals surface area contributed by atoms with Gasteiger partial charge in [-0.2, -0.15) is 0 Å². The van der Waals surface area contributed by atoms with Gasteiger partial charge in [0.15, 0.2) is 0 Å². The van der Waals surface area contributed by atoms with Crippen molar-refractivity contribution in [2.24, 2.45) is 11.8 Å². The first-order chi connectivity index (χ1) is 6.27. The van der Waals surface area contributed by atoms with Crippen molar-refractivity contribution in [3.05, 3.63) is 0 Å². The molecule has 0 atom stereocenters. The third-order valence-corrected chi connectivity index (χ3v) is 2.59. The molecule has 0 aliphatic heterocycles. The van der Waals surface area contributed by atoms with Crippen molar-refractivity contribution in [2.45, 2.75) is 38.7 Å². The Morgan fingerprint density at radius 2 is 2.08 bits per heavy atom. The maximum absolute atomic E-state index is 11.4. The third-order valence-electron chi connectivity index (χ3n) is 2.59. The van der Waals surface area contributed by atoms with Crippen molar-refractivity contribution in [3.63, 3.8) is 0 Å². The van der Waals surface area contributed by atoms with Gasteiger partial charge in [0.2, 0.25) is 5.91 Å². The zero-order valence-corrected chi connectivity index (χ0v) is 8.08. The minimum absolute atomic E-state index is 0.158. The molecule has 1 fully saturated rings. The summed E-state index contributed by atoms with van der Waals surface area (Å²) in [5.74, 6) is 5.43. The van der Waals surface area contributed by atoms with Crippen LogP contribution >= 0.6 is 0 Å². The summed E-state index contributed by atoms with van der Waals surface area (Å²) in [6.07, 6.45) is 3.75. The van der Waals surface area contributed by atoms with Gasteiger partial charge in [-0.3, -0.25) is 4.79 Å². The fourth-order valence-electron chi connectivity index (χ4n) is 1.78. The number of carbonyl (C=O) groups excluding carboxylic acids is 1. The second-order valence-electron chi connectivity index (χ2n) is 3.50. The Kier molecular flexibility index (Phi) is 4.18. The predicted molar refractivity (Wildman–Crippen MR) is 49.7 cm³/mol. The van der Waals surface area contributed by atoms with Crippen molar-refractivity contribution in [3.8, 4) is 0 Å². The van der Waals surface area contributed by atoms with Gasteiger partial charge < -0.3 is 10.2 Å². The van der Waals surface area contributed by atoms with Crippen LogP contribution in [0.15, 0.2) is 0 Å². The maximum atomic E-state index is 11.4. The van der Waals surface area contributed by atoms with Gasteiger partial charge >= 0.3 is 0 Å². The van der Waals surface area contributed by atoms with E-state index >= 15 is 0 Å². The Hall–Kier alpha value is -0.610. The smallest absolute Gasteiger partial charge is 0.223 e. The number of amides is 1. The van der Waals surface area contributed by atoms with Crippen LogP contribution in [0.1, 0.15) is 32.6 Å². The van der Waals surface area contributed by atoms with Crippen LogP contribution in [0.3, 0.4) is 0 Å². The van der Waals surface area contributed by atoms with Crippen molar-refractivity contribution >= 4 is 5.91 Å². The monoisotopic (exact) mass is 186 g/mol. The fraction of sp³-hybridized carbons (Fsp3) is 0.889. The summed E-state index contributed by atoms with van der Waals surface area (Å²) >= 11 is 0. The topological polar surface area (TPSA) is 64.3 Å². The van der Waals surface area contributed by atoms with Gasteiger partial charge in [0, 0.05) is 12.5 Å². The number of hydrogen-bond donors (Lipinski definition) is 2. The first-order valence-electron chi connectivity index (χ1n) is 4.91. The molecular weight excluding hydrogens is 168 g/mol. The second-order valence-corrected chi connectivity index (χ2v) is 3.50. The lowest BCUT2D eigenvalue weighted by Gasteiger charge is -2.25. The number of carbonyl (C=O) groups is 1. The molecule has 1 aliphatic rings. The first-order valence-corrected chi connectivity index (χ1v) is 4.91. The van der Waals surface area contributed by atoms with Crippen molar-refractivity contribution < 1.29 is 9.63 Å². The molecule has 13 heavy (non-hydrogen) atoms. The van der Waals surface area contributed by atoms with Crippen LogP contribution in [0.4, 0.5) is 0 Å². The standard InChI is InChI=1S/C9H18N2O2/c1-2-11-9(12)7-3-5-8(13-10)6-4-7/h7-8H,2-6,10H2,1H3,(H,11,12). The molecular formula is C9H18N2O2. The molecule has 1 saturated carbocycles. The molecule has 0 radical (unpaired) electrons. The molecule has 1 aliphatic carbocycles. The second kappa shape index (κ2) is 5.19. The van der Waals surface area contributed by atoms with E-state index in [0.717, 1.165) is 25.7 Å². The number of nitrogens with two attached hydrogens (primary N) is 1. The van der Waals surface area contributed by atoms with Gasteiger partial charge in [-0.05, 0) is 32.6 Å². The van der Waals surface area contributed by atoms with E-state index in [-0.39, 0.29) is 17.9 Å². The van der Waals surface area contributed by atoms with Crippen LogP contribution in [0.25, 0.3) is 0 Å². The average molecular weight is 186 g/mol. The summed E-state index contributed by atoms with van der Waals surface area (Å²) in [6.45, 7) is 2.65. The molecule has 0 aromatic rings. The van der Waals surface area contributed by atoms with Crippen LogP contribution in [-0.4, -0.2) is 18.6 Å². The number of rotatable bonds is 3. The Morgan fingerprint density at radius 1 is 1.46 bits per heavy atom. The van der Waals surface area contributed by atoms with Crippen LogP contribution in [-0.2, 0) is 9.63 Å². The average Bonchev–Trinajstić information content (AvgIpc) is 2.18. The van der Waals surface area contributed by atoms with Crippen molar-refractivity contribution in [1.29, 1.82) is 0 Å². The molecule has 76 valence electrons. The van der Waals surface area contributed by atoms with Crippen molar-refractivity contribution in [2.75, 3.05) is 6.54 Å². The molecule has 3 N–H and O–H groups in total. The summed E-state index contributed by atoms with van der Waals surface area (Å²) < 4.78 is 0. The summed E-state index contributed by atoms with van der Waals surface area (Å²) in [5.41, 5.74) is 0. The Labute approximate surface area is 78.8 Å². The van der Waals surface area contributed by atoms with Crippen LogP contribution in [0, 0.1) is 5.92 Å². The number of hydrogen-bond acceptors (Lipinski definition) is 3. The summed E-state index contributed by atoms with van der Waals surface area (Å²) in [5, 5.41) is 2.84. The minimum atomic E-state index is 0.158. The predicted octanol–water partition coefficient (Wildman–Crippen LogP) is 0.572. The molecule has 0 unspecified atom stereocenters. The van der Waals surface area contributed by atoms with Crippen LogP contribution < -0.4 is 11.2 Å². The zero-order chi connectivity index (χ0) is 9.68. The molecule has 4 nitrogen and oxygen atoms in total. The normalized spacial score (nSPS) is 28.5. The molecule has 0 aromatic carbocycles. The Morgan fingerprint density at radius 3 is 2.54 bits per heavy atom. The number of nitrogens with one attached hydrogen (secondary N) is 1. The van der Waals surface area contributed by atoms with Gasteiger partial charge in [-0.15, -0.1) is 0 Å². The van der Waals surface area contributed by atoms with E-state index in [4.69, 9.17) is 10.7 Å². The fourth-order valence-corrected chi connectivity index (χ4v) is 1.78. The maximum Gasteiger partial charge on any atom is 0.223 e. The van der Waals surface area contributed by atoms with Gasteiger partial charge in [0.1, 0.15) is 0 Å². The quantitative estimate of drug-likeness (QED) is 0.633. The third kappa shape index (κ3) is 2.97. The molecule has 0 bridgehead atoms.